The minimum atomic E-state index is -0.156. The van der Waals surface area contributed by atoms with Gasteiger partial charge in [0.1, 0.15) is 11.1 Å². The molecule has 0 saturated heterocycles. The number of anilines is 1. The van der Waals surface area contributed by atoms with Gasteiger partial charge in [-0.3, -0.25) is 4.79 Å². The summed E-state index contributed by atoms with van der Waals surface area (Å²) in [7, 11) is 1.83. The van der Waals surface area contributed by atoms with Crippen molar-refractivity contribution >= 4 is 49.9 Å². The number of halogens is 1. The van der Waals surface area contributed by atoms with Gasteiger partial charge in [0.15, 0.2) is 21.4 Å². The molecule has 4 rings (SSSR count). The van der Waals surface area contributed by atoms with Gasteiger partial charge < -0.3 is 14.3 Å². The van der Waals surface area contributed by atoms with Crippen LogP contribution in [0.3, 0.4) is 0 Å². The molecule has 1 aliphatic rings. The lowest BCUT2D eigenvalue weighted by atomic mass is 9.97. The summed E-state index contributed by atoms with van der Waals surface area (Å²) in [6, 6.07) is 5.91. The molecule has 156 valence electrons. The number of aromatic nitrogens is 3. The van der Waals surface area contributed by atoms with Crippen LogP contribution in [0.25, 0.3) is 11.6 Å². The van der Waals surface area contributed by atoms with E-state index < -0.39 is 0 Å². The largest absolute Gasteiger partial charge is 0.446 e. The average Bonchev–Trinajstić information content (AvgIpc) is 3.38. The van der Waals surface area contributed by atoms with Crippen molar-refractivity contribution in [3.8, 4) is 17.7 Å². The van der Waals surface area contributed by atoms with Gasteiger partial charge in [-0.05, 0) is 59.3 Å². The zero-order valence-electron chi connectivity index (χ0n) is 16.4. The number of fused-ring (bicyclic) bond motifs is 1. The first-order chi connectivity index (χ1) is 14.6. The molecule has 7 nitrogen and oxygen atoms in total. The molecule has 30 heavy (non-hydrogen) atoms. The molecule has 0 saturated carbocycles. The highest BCUT2D eigenvalue weighted by Gasteiger charge is 2.21. The van der Waals surface area contributed by atoms with Crippen molar-refractivity contribution in [1.82, 2.24) is 14.8 Å². The molecule has 3 aromatic rings. The Morgan fingerprint density at radius 2 is 2.13 bits per heavy atom. The summed E-state index contributed by atoms with van der Waals surface area (Å²) in [4.78, 5) is 13.8. The molecule has 0 spiro atoms. The van der Waals surface area contributed by atoms with Crippen molar-refractivity contribution in [3.63, 3.8) is 0 Å². The first kappa shape index (κ1) is 21.2. The number of amides is 1. The smallest absolute Gasteiger partial charge is 0.235 e. The van der Waals surface area contributed by atoms with Crippen LogP contribution in [0.2, 0.25) is 0 Å². The van der Waals surface area contributed by atoms with E-state index in [0.29, 0.717) is 32.0 Å². The number of hydrogen-bond donors (Lipinski definition) is 1. The maximum absolute atomic E-state index is 12.6. The minimum absolute atomic E-state index is 0.156. The van der Waals surface area contributed by atoms with Crippen LogP contribution in [-0.4, -0.2) is 26.4 Å². The summed E-state index contributed by atoms with van der Waals surface area (Å²) in [5, 5.41) is 22.2. The van der Waals surface area contributed by atoms with Crippen LogP contribution in [0.4, 0.5) is 5.00 Å². The van der Waals surface area contributed by atoms with Gasteiger partial charge in [-0.2, -0.15) is 5.26 Å². The quantitative estimate of drug-likeness (QED) is 0.480. The summed E-state index contributed by atoms with van der Waals surface area (Å²) >= 11 is 6.13. The highest BCUT2D eigenvalue weighted by atomic mass is 79.9. The van der Waals surface area contributed by atoms with Crippen LogP contribution < -0.4 is 5.32 Å². The van der Waals surface area contributed by atoms with Gasteiger partial charge in [0, 0.05) is 11.9 Å². The van der Waals surface area contributed by atoms with Crippen molar-refractivity contribution in [2.24, 2.45) is 7.05 Å². The molecule has 0 unspecified atom stereocenters. The molecule has 0 bridgehead atoms. The van der Waals surface area contributed by atoms with Crippen LogP contribution in [0.5, 0.6) is 0 Å². The van der Waals surface area contributed by atoms with Crippen molar-refractivity contribution in [2.45, 2.75) is 43.7 Å². The lowest BCUT2D eigenvalue weighted by Gasteiger charge is -2.08. The maximum Gasteiger partial charge on any atom is 0.235 e. The van der Waals surface area contributed by atoms with E-state index in [9.17, 15) is 10.1 Å². The maximum atomic E-state index is 12.6. The summed E-state index contributed by atoms with van der Waals surface area (Å²) in [5.74, 6) is 1.22. The Morgan fingerprint density at radius 3 is 2.87 bits per heavy atom. The second-order valence-electron chi connectivity index (χ2n) is 7.04. The molecular weight excluding hydrogens is 486 g/mol. The van der Waals surface area contributed by atoms with E-state index in [1.807, 2.05) is 13.1 Å². The van der Waals surface area contributed by atoms with E-state index in [0.717, 1.165) is 31.2 Å². The molecular formula is C20H20BrN5O2S2. The minimum Gasteiger partial charge on any atom is -0.446 e. The Labute approximate surface area is 191 Å². The van der Waals surface area contributed by atoms with Gasteiger partial charge in [-0.1, -0.05) is 24.6 Å². The second kappa shape index (κ2) is 9.37. The van der Waals surface area contributed by atoms with Gasteiger partial charge >= 0.3 is 0 Å². The van der Waals surface area contributed by atoms with Gasteiger partial charge in [0.2, 0.25) is 5.91 Å². The highest BCUT2D eigenvalue weighted by molar-refractivity contribution is 9.10. The Balaban J connectivity index is 1.43. The number of thiophene rings is 1. The summed E-state index contributed by atoms with van der Waals surface area (Å²) in [6.45, 7) is 0. The number of furan rings is 1. The Kier molecular flexibility index (Phi) is 6.61. The molecule has 10 heteroatoms. The second-order valence-corrected chi connectivity index (χ2v) is 9.87. The molecule has 0 aromatic carbocycles. The molecule has 0 fully saturated rings. The standard InChI is InChI=1S/C20H20BrN5O2S2/c1-26-18(14-8-9-16(21)28-14)24-25-20(26)29-11-17(27)23-19-13(10-22)12-6-4-2-3-5-7-15(12)30-19/h8-9H,2-7,11H2,1H3,(H,23,27). The van der Waals surface area contributed by atoms with Gasteiger partial charge in [-0.15, -0.1) is 21.5 Å². The van der Waals surface area contributed by atoms with Crippen LogP contribution in [0.1, 0.15) is 41.7 Å². The predicted octanol–water partition coefficient (Wildman–Crippen LogP) is 5.16. The first-order valence-corrected chi connectivity index (χ1v) is 12.3. The van der Waals surface area contributed by atoms with Gasteiger partial charge in [0.05, 0.1) is 11.3 Å². The fraction of sp³-hybridized carbons (Fsp3) is 0.400. The topological polar surface area (TPSA) is 96.7 Å². The number of nitrogens with one attached hydrogen (secondary N) is 1. The normalized spacial score (nSPS) is 13.9. The number of aryl methyl sites for hydroxylation is 1. The van der Waals surface area contributed by atoms with E-state index >= 15 is 0 Å². The van der Waals surface area contributed by atoms with Crippen LogP contribution in [-0.2, 0) is 24.7 Å². The number of nitriles is 1. The Hall–Kier alpha value is -2.09. The van der Waals surface area contributed by atoms with E-state index in [1.165, 1.54) is 29.5 Å². The summed E-state index contributed by atoms with van der Waals surface area (Å²) in [6.07, 6.45) is 6.58. The van der Waals surface area contributed by atoms with E-state index in [-0.39, 0.29) is 11.7 Å². The van der Waals surface area contributed by atoms with Crippen LogP contribution in [0, 0.1) is 11.3 Å². The average molecular weight is 506 g/mol. The lowest BCUT2D eigenvalue weighted by molar-refractivity contribution is -0.113. The zero-order chi connectivity index (χ0) is 21.1. The van der Waals surface area contributed by atoms with E-state index in [4.69, 9.17) is 4.42 Å². The molecule has 3 heterocycles. The van der Waals surface area contributed by atoms with Crippen molar-refractivity contribution in [1.29, 1.82) is 5.26 Å². The summed E-state index contributed by atoms with van der Waals surface area (Å²) in [5.41, 5.74) is 1.77. The Bertz CT molecular complexity index is 1110. The lowest BCUT2D eigenvalue weighted by Crippen LogP contribution is -2.14. The molecule has 0 atom stereocenters. The van der Waals surface area contributed by atoms with Crippen LogP contribution >= 0.6 is 39.0 Å². The van der Waals surface area contributed by atoms with Crippen molar-refractivity contribution in [3.05, 3.63) is 32.8 Å². The molecule has 1 aliphatic carbocycles. The highest BCUT2D eigenvalue weighted by Crippen LogP contribution is 2.36. The number of rotatable bonds is 5. The zero-order valence-corrected chi connectivity index (χ0v) is 19.6. The molecule has 0 radical (unpaired) electrons. The molecule has 1 amide bonds. The molecule has 3 aromatic heterocycles. The number of nitrogens with zero attached hydrogens (tertiary/aromatic N) is 4. The molecule has 0 aliphatic heterocycles. The van der Waals surface area contributed by atoms with Crippen LogP contribution in [0.15, 0.2) is 26.4 Å². The Morgan fingerprint density at radius 1 is 1.33 bits per heavy atom. The molecule has 1 N–H and O–H groups in total. The monoisotopic (exact) mass is 505 g/mol. The van der Waals surface area contributed by atoms with E-state index in [1.54, 1.807) is 22.0 Å². The fourth-order valence-electron chi connectivity index (χ4n) is 3.51. The SMILES string of the molecule is Cn1c(SCC(=O)Nc2sc3c(c2C#N)CCCCCC3)nnc1-c1ccc(Br)o1. The number of thioether (sulfide) groups is 1. The third-order valence-electron chi connectivity index (χ3n) is 5.00. The first-order valence-electron chi connectivity index (χ1n) is 9.69. The third-order valence-corrected chi connectivity index (χ3v) is 7.65. The van der Waals surface area contributed by atoms with Gasteiger partial charge in [0.25, 0.3) is 0 Å². The number of hydrogen-bond acceptors (Lipinski definition) is 7. The summed E-state index contributed by atoms with van der Waals surface area (Å²) < 4.78 is 7.94. The van der Waals surface area contributed by atoms with Crippen molar-refractivity contribution in [2.75, 3.05) is 11.1 Å². The van der Waals surface area contributed by atoms with Gasteiger partial charge in [-0.25, -0.2) is 0 Å². The number of carbonyl (C=O) groups is 1. The predicted molar refractivity (Wildman–Crippen MR) is 121 cm³/mol. The third kappa shape index (κ3) is 4.48. The fourth-order valence-corrected chi connectivity index (χ4v) is 5.78. The van der Waals surface area contributed by atoms with Crippen molar-refractivity contribution < 1.29 is 9.21 Å². The van der Waals surface area contributed by atoms with E-state index in [2.05, 4.69) is 37.5 Å². The number of carbonyl (C=O) groups excluding carboxylic acids is 1.